The molecule has 134 valence electrons. The minimum Gasteiger partial charge on any atom is -0.497 e. The number of esters is 1. The lowest BCUT2D eigenvalue weighted by Gasteiger charge is -2.04. The molecule has 2 aromatic heterocycles. The highest BCUT2D eigenvalue weighted by Gasteiger charge is 2.11. The fourth-order valence-corrected chi connectivity index (χ4v) is 3.38. The van der Waals surface area contributed by atoms with Gasteiger partial charge in [-0.15, -0.1) is 11.3 Å². The smallest absolute Gasteiger partial charge is 0.338 e. The van der Waals surface area contributed by atoms with Gasteiger partial charge in [0.2, 0.25) is 0 Å². The molecule has 0 aliphatic heterocycles. The number of rotatable bonds is 5. The minimum atomic E-state index is -0.418. The maximum Gasteiger partial charge on any atom is 0.338 e. The second kappa shape index (κ2) is 7.51. The molecule has 0 saturated heterocycles. The van der Waals surface area contributed by atoms with Crippen molar-refractivity contribution in [3.63, 3.8) is 0 Å². The molecule has 0 amide bonds. The Morgan fingerprint density at radius 3 is 2.78 bits per heavy atom. The van der Waals surface area contributed by atoms with Gasteiger partial charge in [0, 0.05) is 23.3 Å². The van der Waals surface area contributed by atoms with Gasteiger partial charge in [-0.3, -0.25) is 9.97 Å². The number of hydrogen-bond donors (Lipinski definition) is 0. The Kier molecular flexibility index (Phi) is 4.76. The van der Waals surface area contributed by atoms with E-state index in [-0.39, 0.29) is 6.61 Å². The van der Waals surface area contributed by atoms with Crippen LogP contribution in [0.25, 0.3) is 21.6 Å². The molecule has 0 saturated carbocycles. The summed E-state index contributed by atoms with van der Waals surface area (Å²) in [6, 6.07) is 12.8. The van der Waals surface area contributed by atoms with Crippen LogP contribution in [0.1, 0.15) is 16.1 Å². The highest BCUT2D eigenvalue weighted by atomic mass is 32.1. The maximum atomic E-state index is 12.3. The lowest BCUT2D eigenvalue weighted by molar-refractivity contribution is 0.0468. The summed E-state index contributed by atoms with van der Waals surface area (Å²) in [6.45, 7) is 0.109. The average Bonchev–Trinajstić information content (AvgIpc) is 3.21. The van der Waals surface area contributed by atoms with E-state index in [0.29, 0.717) is 16.8 Å². The molecule has 7 heteroatoms. The summed E-state index contributed by atoms with van der Waals surface area (Å²) in [5.41, 5.74) is 3.49. The average molecular weight is 377 g/mol. The van der Waals surface area contributed by atoms with Gasteiger partial charge in [-0.1, -0.05) is 12.1 Å². The molecule has 4 aromatic rings. The van der Waals surface area contributed by atoms with Crippen LogP contribution in [0, 0.1) is 0 Å². The second-order valence-electron chi connectivity index (χ2n) is 5.71. The van der Waals surface area contributed by atoms with E-state index < -0.39 is 5.97 Å². The third-order valence-corrected chi connectivity index (χ3v) is 4.86. The zero-order valence-electron chi connectivity index (χ0n) is 14.5. The monoisotopic (exact) mass is 377 g/mol. The van der Waals surface area contributed by atoms with Crippen molar-refractivity contribution in [2.24, 2.45) is 0 Å². The van der Waals surface area contributed by atoms with Crippen molar-refractivity contribution in [2.75, 3.05) is 7.11 Å². The Hall–Kier alpha value is -3.32. The van der Waals surface area contributed by atoms with Crippen molar-refractivity contribution >= 4 is 28.3 Å². The molecular weight excluding hydrogens is 362 g/mol. The zero-order valence-corrected chi connectivity index (χ0v) is 15.3. The van der Waals surface area contributed by atoms with Crippen molar-refractivity contribution in [2.45, 2.75) is 6.61 Å². The molecule has 0 radical (unpaired) electrons. The third-order valence-electron chi connectivity index (χ3n) is 3.92. The van der Waals surface area contributed by atoms with Crippen LogP contribution in [0.3, 0.4) is 0 Å². The summed E-state index contributed by atoms with van der Waals surface area (Å²) in [5, 5.41) is 2.73. The summed E-state index contributed by atoms with van der Waals surface area (Å²) in [5.74, 6) is 0.355. The lowest BCUT2D eigenvalue weighted by Crippen LogP contribution is -2.05. The SMILES string of the molecule is COc1cccc(-c2nc(COC(=O)c3ccc4nccnc4c3)cs2)c1. The number of benzene rings is 2. The van der Waals surface area contributed by atoms with Gasteiger partial charge in [0.1, 0.15) is 17.4 Å². The molecule has 0 N–H and O–H groups in total. The molecule has 0 aliphatic rings. The summed E-state index contributed by atoms with van der Waals surface area (Å²) in [4.78, 5) is 25.2. The summed E-state index contributed by atoms with van der Waals surface area (Å²) >= 11 is 1.49. The van der Waals surface area contributed by atoms with Crippen molar-refractivity contribution in [1.82, 2.24) is 15.0 Å². The van der Waals surface area contributed by atoms with E-state index in [1.165, 1.54) is 11.3 Å². The van der Waals surface area contributed by atoms with Crippen LogP contribution in [-0.4, -0.2) is 28.0 Å². The van der Waals surface area contributed by atoms with Crippen molar-refractivity contribution in [3.05, 3.63) is 71.5 Å². The van der Waals surface area contributed by atoms with Gasteiger partial charge in [0.15, 0.2) is 0 Å². The second-order valence-corrected chi connectivity index (χ2v) is 6.57. The number of carbonyl (C=O) groups is 1. The van der Waals surface area contributed by atoms with Crippen LogP contribution >= 0.6 is 11.3 Å². The largest absolute Gasteiger partial charge is 0.497 e. The van der Waals surface area contributed by atoms with Gasteiger partial charge >= 0.3 is 5.97 Å². The normalized spacial score (nSPS) is 10.7. The number of ether oxygens (including phenoxy) is 2. The molecule has 0 aliphatic carbocycles. The van der Waals surface area contributed by atoms with Gasteiger partial charge in [0.25, 0.3) is 0 Å². The zero-order chi connectivity index (χ0) is 18.6. The van der Waals surface area contributed by atoms with E-state index in [1.54, 1.807) is 37.7 Å². The first-order valence-electron chi connectivity index (χ1n) is 8.19. The molecule has 2 heterocycles. The van der Waals surface area contributed by atoms with Crippen LogP contribution in [0.4, 0.5) is 0 Å². The summed E-state index contributed by atoms with van der Waals surface area (Å²) < 4.78 is 10.6. The first-order valence-corrected chi connectivity index (χ1v) is 9.07. The molecule has 2 aromatic carbocycles. The van der Waals surface area contributed by atoms with E-state index in [4.69, 9.17) is 9.47 Å². The molecule has 6 nitrogen and oxygen atoms in total. The van der Waals surface area contributed by atoms with Crippen molar-refractivity contribution in [1.29, 1.82) is 0 Å². The van der Waals surface area contributed by atoms with Crippen molar-refractivity contribution < 1.29 is 14.3 Å². The fourth-order valence-electron chi connectivity index (χ4n) is 2.58. The van der Waals surface area contributed by atoms with Crippen LogP contribution in [-0.2, 0) is 11.3 Å². The number of methoxy groups -OCH3 is 1. The number of aromatic nitrogens is 3. The van der Waals surface area contributed by atoms with E-state index in [2.05, 4.69) is 15.0 Å². The van der Waals surface area contributed by atoms with Crippen LogP contribution < -0.4 is 4.74 Å². The van der Waals surface area contributed by atoms with Crippen LogP contribution in [0.5, 0.6) is 5.75 Å². The molecule has 27 heavy (non-hydrogen) atoms. The predicted molar refractivity (Wildman–Crippen MR) is 103 cm³/mol. The molecule has 4 rings (SSSR count). The van der Waals surface area contributed by atoms with E-state index in [9.17, 15) is 4.79 Å². The highest BCUT2D eigenvalue weighted by molar-refractivity contribution is 7.13. The Morgan fingerprint density at radius 2 is 1.93 bits per heavy atom. The number of fused-ring (bicyclic) bond motifs is 1. The van der Waals surface area contributed by atoms with Gasteiger partial charge in [-0.25, -0.2) is 9.78 Å². The van der Waals surface area contributed by atoms with Crippen LogP contribution in [0.15, 0.2) is 60.2 Å². The molecule has 0 spiro atoms. The molecule has 0 unspecified atom stereocenters. The molecule has 0 bridgehead atoms. The van der Waals surface area contributed by atoms with Gasteiger partial charge in [0.05, 0.1) is 29.4 Å². The fraction of sp³-hybridized carbons (Fsp3) is 0.100. The van der Waals surface area contributed by atoms with Gasteiger partial charge in [-0.2, -0.15) is 0 Å². The van der Waals surface area contributed by atoms with Gasteiger partial charge < -0.3 is 9.47 Å². The van der Waals surface area contributed by atoms with E-state index in [0.717, 1.165) is 21.8 Å². The number of carbonyl (C=O) groups excluding carboxylic acids is 1. The Morgan fingerprint density at radius 1 is 1.07 bits per heavy atom. The summed E-state index contributed by atoms with van der Waals surface area (Å²) in [6.07, 6.45) is 3.20. The van der Waals surface area contributed by atoms with Crippen LogP contribution in [0.2, 0.25) is 0 Å². The molecular formula is C20H15N3O3S. The maximum absolute atomic E-state index is 12.3. The predicted octanol–water partition coefficient (Wildman–Crippen LogP) is 4.12. The first kappa shape index (κ1) is 17.1. The van der Waals surface area contributed by atoms with Gasteiger partial charge in [-0.05, 0) is 30.3 Å². The van der Waals surface area contributed by atoms with E-state index >= 15 is 0 Å². The molecule has 0 atom stereocenters. The summed E-state index contributed by atoms with van der Waals surface area (Å²) in [7, 11) is 1.63. The van der Waals surface area contributed by atoms with Crippen molar-refractivity contribution in [3.8, 4) is 16.3 Å². The lowest BCUT2D eigenvalue weighted by atomic mass is 10.2. The standard InChI is InChI=1S/C20H15N3O3S/c1-25-16-4-2-3-13(9-16)19-23-15(12-27-19)11-26-20(24)14-5-6-17-18(10-14)22-8-7-21-17/h2-10,12H,11H2,1H3. The number of nitrogens with zero attached hydrogens (tertiary/aromatic N) is 3. The number of hydrogen-bond acceptors (Lipinski definition) is 7. The third kappa shape index (κ3) is 3.78. The Balaban J connectivity index is 1.45. The number of thiazole rings is 1. The molecule has 0 fully saturated rings. The van der Waals surface area contributed by atoms with E-state index in [1.807, 2.05) is 29.6 Å². The topological polar surface area (TPSA) is 74.2 Å². The first-order chi connectivity index (χ1) is 13.2. The quantitative estimate of drug-likeness (QED) is 0.487. The highest BCUT2D eigenvalue weighted by Crippen LogP contribution is 2.27. The minimum absolute atomic E-state index is 0.109. The Labute approximate surface area is 159 Å². The Bertz CT molecular complexity index is 1110.